The molecule has 0 aliphatic heterocycles. The van der Waals surface area contributed by atoms with Gasteiger partial charge in [0.2, 0.25) is 0 Å². The molecule has 2 atom stereocenters. The Kier molecular flexibility index (Phi) is 12.1. The van der Waals surface area contributed by atoms with E-state index in [1.807, 2.05) is 42.5 Å². The Balaban J connectivity index is 0.00000420. The number of hydrogen-bond acceptors (Lipinski definition) is 3. The molecular formula is C24H34BrClNO2-. The molecule has 2 unspecified atom stereocenters. The van der Waals surface area contributed by atoms with E-state index in [1.165, 1.54) is 0 Å². The van der Waals surface area contributed by atoms with E-state index in [1.54, 1.807) is 0 Å². The summed E-state index contributed by atoms with van der Waals surface area (Å²) >= 11 is 3.51. The van der Waals surface area contributed by atoms with Crippen molar-refractivity contribution in [3.8, 4) is 0 Å². The SMILES string of the molecule is CC(C)CCC(O)(c1ccc(Br)cc1)C(CNCCCCO)c1ccccc1.[Cl-]. The maximum Gasteiger partial charge on any atom is 0.0977 e. The molecule has 162 valence electrons. The van der Waals surface area contributed by atoms with Crippen LogP contribution in [0.25, 0.3) is 0 Å². The van der Waals surface area contributed by atoms with Crippen molar-refractivity contribution in [1.29, 1.82) is 0 Å². The maximum atomic E-state index is 12.0. The number of nitrogens with one attached hydrogen (secondary N) is 1. The van der Waals surface area contributed by atoms with Gasteiger partial charge in [0.1, 0.15) is 0 Å². The fourth-order valence-corrected chi connectivity index (χ4v) is 3.89. The van der Waals surface area contributed by atoms with Crippen LogP contribution in [0.1, 0.15) is 56.6 Å². The first-order valence-electron chi connectivity index (χ1n) is 10.3. The Morgan fingerprint density at radius 1 is 1.00 bits per heavy atom. The van der Waals surface area contributed by atoms with Crippen LogP contribution in [0.3, 0.4) is 0 Å². The maximum absolute atomic E-state index is 12.0. The molecule has 0 saturated carbocycles. The summed E-state index contributed by atoms with van der Waals surface area (Å²) in [7, 11) is 0. The fraction of sp³-hybridized carbons (Fsp3) is 0.500. The van der Waals surface area contributed by atoms with E-state index >= 15 is 0 Å². The standard InChI is InChI=1S/C24H34BrNO2.ClH/c1-19(2)14-15-24(28,21-10-12-22(25)13-11-21)23(18-26-16-6-7-17-27)20-8-4-3-5-9-20;/h3-5,8-13,19,23,26-28H,6-7,14-18H2,1-2H3;1H/p-1. The van der Waals surface area contributed by atoms with Gasteiger partial charge in [-0.1, -0.05) is 72.2 Å². The zero-order valence-electron chi connectivity index (χ0n) is 17.5. The molecule has 0 aliphatic rings. The predicted molar refractivity (Wildman–Crippen MR) is 120 cm³/mol. The van der Waals surface area contributed by atoms with Crippen molar-refractivity contribution in [2.24, 2.45) is 5.92 Å². The summed E-state index contributed by atoms with van der Waals surface area (Å²) in [4.78, 5) is 0. The molecule has 0 fully saturated rings. The van der Waals surface area contributed by atoms with Crippen LogP contribution >= 0.6 is 15.9 Å². The van der Waals surface area contributed by atoms with Crippen molar-refractivity contribution in [3.05, 3.63) is 70.2 Å². The predicted octanol–water partition coefficient (Wildman–Crippen LogP) is 2.22. The van der Waals surface area contributed by atoms with Gasteiger partial charge in [-0.2, -0.15) is 0 Å². The van der Waals surface area contributed by atoms with Gasteiger partial charge in [0, 0.05) is 23.5 Å². The van der Waals surface area contributed by atoms with Crippen LogP contribution in [0.5, 0.6) is 0 Å². The van der Waals surface area contributed by atoms with Crippen LogP contribution in [-0.4, -0.2) is 29.9 Å². The summed E-state index contributed by atoms with van der Waals surface area (Å²) in [5, 5.41) is 24.6. The Morgan fingerprint density at radius 3 is 2.24 bits per heavy atom. The molecule has 2 aromatic rings. The van der Waals surface area contributed by atoms with Gasteiger partial charge in [0.15, 0.2) is 0 Å². The van der Waals surface area contributed by atoms with Crippen LogP contribution in [0.4, 0.5) is 0 Å². The normalized spacial score (nSPS) is 14.3. The lowest BCUT2D eigenvalue weighted by Gasteiger charge is -2.38. The van der Waals surface area contributed by atoms with E-state index in [4.69, 9.17) is 5.11 Å². The van der Waals surface area contributed by atoms with E-state index in [9.17, 15) is 5.11 Å². The Bertz CT molecular complexity index is 681. The third-order valence-electron chi connectivity index (χ3n) is 5.34. The fourth-order valence-electron chi connectivity index (χ4n) is 3.62. The molecule has 0 spiro atoms. The molecule has 5 heteroatoms. The summed E-state index contributed by atoms with van der Waals surface area (Å²) in [5.41, 5.74) is 1.16. The summed E-state index contributed by atoms with van der Waals surface area (Å²) in [6, 6.07) is 18.4. The second kappa shape index (κ2) is 13.4. The zero-order valence-corrected chi connectivity index (χ0v) is 19.8. The monoisotopic (exact) mass is 482 g/mol. The van der Waals surface area contributed by atoms with Gasteiger partial charge >= 0.3 is 0 Å². The summed E-state index contributed by atoms with van der Waals surface area (Å²) in [6.07, 6.45) is 3.40. The van der Waals surface area contributed by atoms with E-state index in [0.29, 0.717) is 18.9 Å². The highest BCUT2D eigenvalue weighted by atomic mass is 79.9. The van der Waals surface area contributed by atoms with Crippen LogP contribution in [0.15, 0.2) is 59.1 Å². The van der Waals surface area contributed by atoms with Crippen molar-refractivity contribution in [2.75, 3.05) is 19.7 Å². The van der Waals surface area contributed by atoms with Gasteiger partial charge in [-0.3, -0.25) is 0 Å². The Hall–Kier alpha value is -0.910. The molecule has 0 aliphatic carbocycles. The summed E-state index contributed by atoms with van der Waals surface area (Å²) in [6.45, 7) is 6.16. The van der Waals surface area contributed by atoms with Crippen LogP contribution < -0.4 is 17.7 Å². The van der Waals surface area contributed by atoms with Crippen LogP contribution in [-0.2, 0) is 5.60 Å². The second-order valence-corrected chi connectivity index (χ2v) is 8.88. The van der Waals surface area contributed by atoms with Gasteiger partial charge in [0.25, 0.3) is 0 Å². The first kappa shape index (κ1) is 26.1. The molecule has 0 radical (unpaired) electrons. The number of halogens is 2. The quantitative estimate of drug-likeness (QED) is 0.406. The minimum atomic E-state index is -0.948. The van der Waals surface area contributed by atoms with Gasteiger partial charge < -0.3 is 27.9 Å². The minimum absolute atomic E-state index is 0. The smallest absolute Gasteiger partial charge is 0.0977 e. The molecular weight excluding hydrogens is 450 g/mol. The van der Waals surface area contributed by atoms with Crippen molar-refractivity contribution in [2.45, 2.75) is 51.0 Å². The average molecular weight is 484 g/mol. The first-order chi connectivity index (χ1) is 13.5. The van der Waals surface area contributed by atoms with Crippen molar-refractivity contribution >= 4 is 15.9 Å². The van der Waals surface area contributed by atoms with Crippen LogP contribution in [0.2, 0.25) is 0 Å². The number of benzene rings is 2. The van der Waals surface area contributed by atoms with Crippen molar-refractivity contribution < 1.29 is 22.6 Å². The number of aliphatic hydroxyl groups excluding tert-OH is 1. The second-order valence-electron chi connectivity index (χ2n) is 7.96. The first-order valence-corrected chi connectivity index (χ1v) is 11.1. The zero-order chi connectivity index (χ0) is 20.4. The van der Waals surface area contributed by atoms with E-state index < -0.39 is 5.60 Å². The summed E-state index contributed by atoms with van der Waals surface area (Å²) in [5.74, 6) is 0.471. The average Bonchev–Trinajstić information content (AvgIpc) is 2.70. The molecule has 0 bridgehead atoms. The van der Waals surface area contributed by atoms with E-state index in [-0.39, 0.29) is 24.9 Å². The highest BCUT2D eigenvalue weighted by Gasteiger charge is 2.39. The number of aliphatic hydroxyl groups is 2. The van der Waals surface area contributed by atoms with E-state index in [0.717, 1.165) is 41.4 Å². The molecule has 3 N–H and O–H groups in total. The van der Waals surface area contributed by atoms with Crippen molar-refractivity contribution in [1.82, 2.24) is 5.32 Å². The van der Waals surface area contributed by atoms with Gasteiger partial charge in [-0.15, -0.1) is 0 Å². The minimum Gasteiger partial charge on any atom is -1.00 e. The largest absolute Gasteiger partial charge is 1.00 e. The van der Waals surface area contributed by atoms with Gasteiger partial charge in [0.05, 0.1) is 5.60 Å². The molecule has 0 amide bonds. The van der Waals surface area contributed by atoms with Crippen LogP contribution in [0, 0.1) is 5.92 Å². The topological polar surface area (TPSA) is 52.5 Å². The van der Waals surface area contributed by atoms with Gasteiger partial charge in [-0.05, 0) is 61.4 Å². The Labute approximate surface area is 190 Å². The lowest BCUT2D eigenvalue weighted by molar-refractivity contribution is -0.00636. The molecule has 3 nitrogen and oxygen atoms in total. The molecule has 29 heavy (non-hydrogen) atoms. The van der Waals surface area contributed by atoms with E-state index in [2.05, 4.69) is 47.2 Å². The highest BCUT2D eigenvalue weighted by Crippen LogP contribution is 2.41. The molecule has 0 aromatic heterocycles. The number of rotatable bonds is 12. The third-order valence-corrected chi connectivity index (χ3v) is 5.86. The van der Waals surface area contributed by atoms with Gasteiger partial charge in [-0.25, -0.2) is 0 Å². The third kappa shape index (κ3) is 8.03. The molecule has 0 heterocycles. The molecule has 2 rings (SSSR count). The molecule has 0 saturated heterocycles. The lowest BCUT2D eigenvalue weighted by Crippen LogP contribution is -3.00. The van der Waals surface area contributed by atoms with Crippen molar-refractivity contribution in [3.63, 3.8) is 0 Å². The summed E-state index contributed by atoms with van der Waals surface area (Å²) < 4.78 is 1.01. The lowest BCUT2D eigenvalue weighted by atomic mass is 9.73. The number of unbranched alkanes of at least 4 members (excludes halogenated alkanes) is 1. The molecule has 2 aromatic carbocycles. The number of hydrogen-bond donors (Lipinski definition) is 3. The Morgan fingerprint density at radius 2 is 1.66 bits per heavy atom. The highest BCUT2D eigenvalue weighted by molar-refractivity contribution is 9.10.